The first kappa shape index (κ1) is 14.1. The molecule has 2 aromatic carbocycles. The van der Waals surface area contributed by atoms with Crippen molar-refractivity contribution in [2.45, 2.75) is 5.41 Å². The van der Waals surface area contributed by atoms with E-state index in [9.17, 15) is 0 Å². The predicted molar refractivity (Wildman–Crippen MR) is 90.3 cm³/mol. The van der Waals surface area contributed by atoms with E-state index in [0.717, 1.165) is 13.1 Å². The molecule has 0 atom stereocenters. The van der Waals surface area contributed by atoms with Crippen LogP contribution in [0.5, 0.6) is 0 Å². The molecule has 0 unspecified atom stereocenters. The first-order chi connectivity index (χ1) is 10.3. The van der Waals surface area contributed by atoms with Crippen LogP contribution >= 0.6 is 0 Å². The van der Waals surface area contributed by atoms with E-state index in [1.54, 1.807) is 0 Å². The molecule has 2 aromatic rings. The van der Waals surface area contributed by atoms with Gasteiger partial charge in [0.15, 0.2) is 0 Å². The van der Waals surface area contributed by atoms with Crippen molar-refractivity contribution in [3.63, 3.8) is 0 Å². The molecule has 1 aliphatic carbocycles. The van der Waals surface area contributed by atoms with Crippen LogP contribution in [0.2, 0.25) is 0 Å². The monoisotopic (exact) mass is 278 g/mol. The minimum absolute atomic E-state index is 0.0125. The Labute approximate surface area is 126 Å². The SMILES string of the molecule is CNCC1(CNC)C(c2ccccc2)=Cc2ccccc21. The van der Waals surface area contributed by atoms with E-state index in [0.29, 0.717) is 0 Å². The van der Waals surface area contributed by atoms with E-state index in [4.69, 9.17) is 0 Å². The normalized spacial score (nSPS) is 15.6. The van der Waals surface area contributed by atoms with Crippen molar-refractivity contribution in [3.05, 3.63) is 71.3 Å². The molecule has 0 amide bonds. The van der Waals surface area contributed by atoms with E-state index < -0.39 is 0 Å². The van der Waals surface area contributed by atoms with E-state index in [1.807, 2.05) is 14.1 Å². The zero-order valence-corrected chi connectivity index (χ0v) is 12.7. The smallest absolute Gasteiger partial charge is 0.0463 e. The zero-order valence-electron chi connectivity index (χ0n) is 12.7. The number of likely N-dealkylation sites (N-methyl/N-ethyl adjacent to an activating group) is 2. The molecule has 0 saturated heterocycles. The number of hydrogen-bond acceptors (Lipinski definition) is 2. The highest BCUT2D eigenvalue weighted by molar-refractivity contribution is 5.94. The van der Waals surface area contributed by atoms with Crippen molar-refractivity contribution in [1.82, 2.24) is 10.6 Å². The van der Waals surface area contributed by atoms with Crippen LogP contribution in [0.1, 0.15) is 16.7 Å². The molecule has 0 spiro atoms. The molecule has 3 rings (SSSR count). The first-order valence-electron chi connectivity index (χ1n) is 7.48. The first-order valence-corrected chi connectivity index (χ1v) is 7.48. The highest BCUT2D eigenvalue weighted by Gasteiger charge is 2.40. The molecule has 0 bridgehead atoms. The lowest BCUT2D eigenvalue weighted by Gasteiger charge is -2.34. The average Bonchev–Trinajstić information content (AvgIpc) is 2.84. The maximum Gasteiger partial charge on any atom is 0.0463 e. The molecule has 21 heavy (non-hydrogen) atoms. The Hall–Kier alpha value is -1.90. The van der Waals surface area contributed by atoms with Crippen molar-refractivity contribution < 1.29 is 0 Å². The quantitative estimate of drug-likeness (QED) is 0.879. The third kappa shape index (κ3) is 2.31. The Morgan fingerprint density at radius 1 is 0.810 bits per heavy atom. The van der Waals surface area contributed by atoms with Gasteiger partial charge < -0.3 is 10.6 Å². The summed E-state index contributed by atoms with van der Waals surface area (Å²) in [6.07, 6.45) is 2.35. The molecule has 0 aliphatic heterocycles. The third-order valence-corrected chi connectivity index (χ3v) is 4.33. The van der Waals surface area contributed by atoms with E-state index >= 15 is 0 Å². The number of hydrogen-bond donors (Lipinski definition) is 2. The van der Waals surface area contributed by atoms with Gasteiger partial charge in [-0.3, -0.25) is 0 Å². The Morgan fingerprint density at radius 2 is 1.43 bits per heavy atom. The minimum Gasteiger partial charge on any atom is -0.318 e. The van der Waals surface area contributed by atoms with Crippen LogP contribution < -0.4 is 10.6 Å². The molecular weight excluding hydrogens is 256 g/mol. The van der Waals surface area contributed by atoms with Gasteiger partial charge in [-0.25, -0.2) is 0 Å². The van der Waals surface area contributed by atoms with Crippen molar-refractivity contribution in [1.29, 1.82) is 0 Å². The van der Waals surface area contributed by atoms with Gasteiger partial charge >= 0.3 is 0 Å². The second-order valence-corrected chi connectivity index (χ2v) is 5.65. The van der Waals surface area contributed by atoms with Gasteiger partial charge in [-0.1, -0.05) is 54.6 Å². The summed E-state index contributed by atoms with van der Waals surface area (Å²) in [7, 11) is 4.06. The van der Waals surface area contributed by atoms with Crippen LogP contribution in [0.15, 0.2) is 54.6 Å². The fourth-order valence-corrected chi connectivity index (χ4v) is 3.52. The number of rotatable bonds is 5. The van der Waals surface area contributed by atoms with Crippen LogP contribution in [-0.2, 0) is 5.41 Å². The second kappa shape index (κ2) is 5.84. The largest absolute Gasteiger partial charge is 0.318 e. The third-order valence-electron chi connectivity index (χ3n) is 4.33. The fourth-order valence-electron chi connectivity index (χ4n) is 3.52. The van der Waals surface area contributed by atoms with Crippen molar-refractivity contribution in [2.75, 3.05) is 27.2 Å². The predicted octanol–water partition coefficient (Wildman–Crippen LogP) is 2.92. The highest BCUT2D eigenvalue weighted by atomic mass is 14.9. The van der Waals surface area contributed by atoms with Gasteiger partial charge in [0.25, 0.3) is 0 Å². The summed E-state index contributed by atoms with van der Waals surface area (Å²) in [5.41, 5.74) is 5.43. The summed E-state index contributed by atoms with van der Waals surface area (Å²) >= 11 is 0. The van der Waals surface area contributed by atoms with E-state index in [1.165, 1.54) is 22.3 Å². The molecule has 0 heterocycles. The molecule has 0 radical (unpaired) electrons. The summed E-state index contributed by atoms with van der Waals surface area (Å²) in [4.78, 5) is 0. The lowest BCUT2D eigenvalue weighted by molar-refractivity contribution is 0.498. The molecule has 0 fully saturated rings. The molecular formula is C19H22N2. The molecule has 0 saturated carbocycles. The Balaban J connectivity index is 2.18. The van der Waals surface area contributed by atoms with E-state index in [2.05, 4.69) is 71.3 Å². The summed E-state index contributed by atoms with van der Waals surface area (Å²) in [5.74, 6) is 0. The van der Waals surface area contributed by atoms with Crippen LogP contribution in [0, 0.1) is 0 Å². The summed E-state index contributed by atoms with van der Waals surface area (Å²) < 4.78 is 0. The molecule has 2 heteroatoms. The van der Waals surface area contributed by atoms with Crippen molar-refractivity contribution >= 4 is 11.6 Å². The molecule has 108 valence electrons. The lowest BCUT2D eigenvalue weighted by atomic mass is 9.74. The van der Waals surface area contributed by atoms with Gasteiger partial charge in [-0.05, 0) is 42.4 Å². The molecule has 1 aliphatic rings. The van der Waals surface area contributed by atoms with Gasteiger partial charge in [-0.15, -0.1) is 0 Å². The molecule has 2 nitrogen and oxygen atoms in total. The van der Waals surface area contributed by atoms with Crippen LogP contribution in [0.25, 0.3) is 11.6 Å². The summed E-state index contributed by atoms with van der Waals surface area (Å²) in [6, 6.07) is 19.4. The zero-order chi connectivity index (χ0) is 14.7. The van der Waals surface area contributed by atoms with Gasteiger partial charge in [0.1, 0.15) is 0 Å². The van der Waals surface area contributed by atoms with Crippen LogP contribution in [0.4, 0.5) is 0 Å². The topological polar surface area (TPSA) is 24.1 Å². The maximum atomic E-state index is 3.40. The molecule has 0 aromatic heterocycles. The van der Waals surface area contributed by atoms with Gasteiger partial charge in [0, 0.05) is 18.5 Å². The average molecular weight is 278 g/mol. The fraction of sp³-hybridized carbons (Fsp3) is 0.263. The van der Waals surface area contributed by atoms with Gasteiger partial charge in [0.05, 0.1) is 0 Å². The van der Waals surface area contributed by atoms with Crippen LogP contribution in [0.3, 0.4) is 0 Å². The number of nitrogens with one attached hydrogen (secondary N) is 2. The van der Waals surface area contributed by atoms with Crippen molar-refractivity contribution in [3.8, 4) is 0 Å². The Bertz CT molecular complexity index is 638. The molecule has 2 N–H and O–H groups in total. The summed E-state index contributed by atoms with van der Waals surface area (Å²) in [5, 5.41) is 6.79. The van der Waals surface area contributed by atoms with Gasteiger partial charge in [-0.2, -0.15) is 0 Å². The minimum atomic E-state index is -0.0125. The van der Waals surface area contributed by atoms with Gasteiger partial charge in [0.2, 0.25) is 0 Å². The Morgan fingerprint density at radius 3 is 2.10 bits per heavy atom. The van der Waals surface area contributed by atoms with E-state index in [-0.39, 0.29) is 5.41 Å². The Kier molecular flexibility index (Phi) is 3.91. The van der Waals surface area contributed by atoms with Crippen LogP contribution in [-0.4, -0.2) is 27.2 Å². The van der Waals surface area contributed by atoms with Crippen molar-refractivity contribution in [2.24, 2.45) is 0 Å². The standard InChI is InChI=1S/C19H22N2/c1-20-13-19(14-21-2)17-11-7-6-10-16(17)12-18(19)15-8-4-3-5-9-15/h3-12,20-21H,13-14H2,1-2H3. The summed E-state index contributed by atoms with van der Waals surface area (Å²) in [6.45, 7) is 1.84. The second-order valence-electron chi connectivity index (χ2n) is 5.65. The highest BCUT2D eigenvalue weighted by Crippen LogP contribution is 2.46. The lowest BCUT2D eigenvalue weighted by Crippen LogP contribution is -2.44. The maximum absolute atomic E-state index is 3.40. The number of benzene rings is 2. The number of fused-ring (bicyclic) bond motifs is 1.